The quantitative estimate of drug-likeness (QED) is 0.321. The molecule has 9 heteroatoms. The molecule has 0 spiro atoms. The third-order valence-corrected chi connectivity index (χ3v) is 4.70. The molecule has 0 aliphatic carbocycles. The molecule has 0 radical (unpaired) electrons. The van der Waals surface area contributed by atoms with Gasteiger partial charge in [0.05, 0.1) is 12.3 Å². The van der Waals surface area contributed by atoms with Gasteiger partial charge < -0.3 is 25.5 Å². The van der Waals surface area contributed by atoms with Crippen molar-refractivity contribution in [3.63, 3.8) is 0 Å². The van der Waals surface area contributed by atoms with Crippen molar-refractivity contribution in [2.45, 2.75) is 30.8 Å². The molecule has 5 N–H and O–H groups in total. The lowest BCUT2D eigenvalue weighted by atomic mass is 10.00. The van der Waals surface area contributed by atoms with Crippen LogP contribution >= 0.6 is 0 Å². The highest BCUT2D eigenvalue weighted by molar-refractivity contribution is 6.09. The summed E-state index contributed by atoms with van der Waals surface area (Å²) in [5, 5.41) is 47.4. The predicted molar refractivity (Wildman–Crippen MR) is 107 cm³/mol. The number of aliphatic imine (C=N–C) groups is 2. The van der Waals surface area contributed by atoms with E-state index in [1.807, 2.05) is 0 Å². The zero-order valence-corrected chi connectivity index (χ0v) is 15.8. The maximum Gasteiger partial charge on any atom is 0.193 e. The van der Waals surface area contributed by atoms with Crippen molar-refractivity contribution >= 4 is 23.5 Å². The normalized spacial score (nSPS) is 17.3. The first-order valence-electron chi connectivity index (χ1n) is 9.18. The van der Waals surface area contributed by atoms with Gasteiger partial charge in [0.1, 0.15) is 36.1 Å². The number of hydrogen-bond acceptors (Lipinski definition) is 8. The van der Waals surface area contributed by atoms with E-state index < -0.39 is 36.8 Å². The van der Waals surface area contributed by atoms with Gasteiger partial charge in [-0.25, -0.2) is 14.4 Å². The van der Waals surface area contributed by atoms with Gasteiger partial charge in [0.25, 0.3) is 0 Å². The van der Waals surface area contributed by atoms with E-state index in [0.29, 0.717) is 22.6 Å². The van der Waals surface area contributed by atoms with Gasteiger partial charge in [-0.1, -0.05) is 0 Å². The molecule has 0 aromatic heterocycles. The van der Waals surface area contributed by atoms with E-state index in [4.69, 9.17) is 5.11 Å². The van der Waals surface area contributed by atoms with Gasteiger partial charge in [0.15, 0.2) is 5.78 Å². The van der Waals surface area contributed by atoms with Crippen LogP contribution in [-0.2, 0) is 6.42 Å². The molecule has 1 aliphatic heterocycles. The Morgan fingerprint density at radius 1 is 1.07 bits per heavy atom. The molecule has 8 nitrogen and oxygen atoms in total. The smallest absolute Gasteiger partial charge is 0.193 e. The molecule has 0 saturated carbocycles. The number of rotatable bonds is 7. The number of amidine groups is 1. The predicted octanol–water partition coefficient (Wildman–Crippen LogP) is 0.150. The highest BCUT2D eigenvalue weighted by Gasteiger charge is 2.29. The Bertz CT molecular complexity index is 976. The van der Waals surface area contributed by atoms with Crippen LogP contribution in [0.25, 0.3) is 0 Å². The Labute approximate surface area is 171 Å². The number of carbonyl (C=O) groups excluding carboxylic acids is 1. The lowest BCUT2D eigenvalue weighted by Gasteiger charge is -2.23. The fourth-order valence-electron chi connectivity index (χ4n) is 2.96. The monoisotopic (exact) mass is 416 g/mol. The maximum atomic E-state index is 13.0. The minimum atomic E-state index is -1.75. The molecule has 2 aromatic rings. The summed E-state index contributed by atoms with van der Waals surface area (Å²) >= 11 is 0. The molecular weight excluding hydrogens is 395 g/mol. The molecule has 1 heterocycles. The molecule has 2 aromatic carbocycles. The lowest BCUT2D eigenvalue weighted by molar-refractivity contribution is -0.0999. The Balaban J connectivity index is 1.67. The van der Waals surface area contributed by atoms with Crippen LogP contribution in [0.15, 0.2) is 52.4 Å². The molecule has 1 aliphatic rings. The highest BCUT2D eigenvalue weighted by Crippen LogP contribution is 2.28. The SMILES string of the molecule is O=C(c1ccc(F)cc1)c1ccc2c(c1)CC(N=CC(O)C(O)C(O)C(O)CO)=N2. The lowest BCUT2D eigenvalue weighted by Crippen LogP contribution is -2.46. The van der Waals surface area contributed by atoms with Crippen LogP contribution in [0.3, 0.4) is 0 Å². The van der Waals surface area contributed by atoms with Crippen LogP contribution in [0.2, 0.25) is 0 Å². The van der Waals surface area contributed by atoms with Crippen molar-refractivity contribution in [3.05, 3.63) is 65.0 Å². The van der Waals surface area contributed by atoms with Crippen molar-refractivity contribution in [2.24, 2.45) is 9.98 Å². The number of carbonyl (C=O) groups is 1. The molecule has 0 saturated heterocycles. The van der Waals surface area contributed by atoms with Crippen LogP contribution in [0, 0.1) is 5.82 Å². The third kappa shape index (κ3) is 4.84. The second kappa shape index (κ2) is 9.33. The van der Waals surface area contributed by atoms with Gasteiger partial charge in [0.2, 0.25) is 0 Å². The summed E-state index contributed by atoms with van der Waals surface area (Å²) in [7, 11) is 0. The van der Waals surface area contributed by atoms with Crippen molar-refractivity contribution in [2.75, 3.05) is 6.61 Å². The van der Waals surface area contributed by atoms with Crippen LogP contribution in [-0.4, -0.2) is 74.4 Å². The Kier molecular flexibility index (Phi) is 6.80. The standard InChI is InChI=1S/C21H21FN2O6/c22-14-4-1-11(2-5-14)19(28)12-3-6-15-13(7-12)8-18(24-15)23-9-16(26)20(29)21(30)17(27)10-25/h1-7,9,16-17,20-21,25-27,29-30H,8,10H2. The molecule has 4 atom stereocenters. The van der Waals surface area contributed by atoms with Gasteiger partial charge in [-0.3, -0.25) is 4.79 Å². The Hall–Kier alpha value is -2.82. The van der Waals surface area contributed by atoms with E-state index >= 15 is 0 Å². The number of aliphatic hydroxyl groups is 5. The molecule has 158 valence electrons. The number of hydrogen-bond donors (Lipinski definition) is 5. The van der Waals surface area contributed by atoms with Crippen LogP contribution in [0.1, 0.15) is 21.5 Å². The second-order valence-corrected chi connectivity index (χ2v) is 6.88. The molecule has 3 rings (SSSR count). The summed E-state index contributed by atoms with van der Waals surface area (Å²) < 4.78 is 13.0. The van der Waals surface area contributed by atoms with Gasteiger partial charge in [-0.15, -0.1) is 0 Å². The highest BCUT2D eigenvalue weighted by atomic mass is 19.1. The van der Waals surface area contributed by atoms with Crippen molar-refractivity contribution in [1.29, 1.82) is 0 Å². The van der Waals surface area contributed by atoms with Crippen molar-refractivity contribution in [3.8, 4) is 0 Å². The van der Waals surface area contributed by atoms with Crippen molar-refractivity contribution in [1.82, 2.24) is 0 Å². The van der Waals surface area contributed by atoms with E-state index in [-0.39, 0.29) is 12.2 Å². The van der Waals surface area contributed by atoms with E-state index in [1.54, 1.807) is 18.2 Å². The fourth-order valence-corrected chi connectivity index (χ4v) is 2.96. The average molecular weight is 416 g/mol. The fraction of sp³-hybridized carbons (Fsp3) is 0.286. The summed E-state index contributed by atoms with van der Waals surface area (Å²) in [5.74, 6) is -0.369. The minimum Gasteiger partial charge on any atom is -0.394 e. The number of fused-ring (bicyclic) bond motifs is 1. The van der Waals surface area contributed by atoms with Crippen LogP contribution in [0.5, 0.6) is 0 Å². The summed E-state index contributed by atoms with van der Waals surface area (Å²) in [6.07, 6.45) is -5.44. The van der Waals surface area contributed by atoms with Crippen molar-refractivity contribution < 1.29 is 34.7 Å². The molecule has 0 amide bonds. The average Bonchev–Trinajstić information content (AvgIpc) is 3.18. The number of aliphatic hydroxyl groups excluding tert-OH is 5. The Morgan fingerprint density at radius 3 is 2.40 bits per heavy atom. The molecule has 30 heavy (non-hydrogen) atoms. The van der Waals surface area contributed by atoms with Crippen LogP contribution in [0.4, 0.5) is 10.1 Å². The first-order valence-corrected chi connectivity index (χ1v) is 9.18. The molecular formula is C21H21FN2O6. The zero-order chi connectivity index (χ0) is 21.8. The zero-order valence-electron chi connectivity index (χ0n) is 15.8. The van der Waals surface area contributed by atoms with E-state index in [9.17, 15) is 29.6 Å². The number of nitrogens with zero attached hydrogens (tertiary/aromatic N) is 2. The molecule has 0 bridgehead atoms. The third-order valence-electron chi connectivity index (χ3n) is 4.70. The number of halogens is 1. The van der Waals surface area contributed by atoms with Crippen LogP contribution < -0.4 is 0 Å². The van der Waals surface area contributed by atoms with E-state index in [1.165, 1.54) is 24.3 Å². The minimum absolute atomic E-state index is 0.260. The van der Waals surface area contributed by atoms with Gasteiger partial charge >= 0.3 is 0 Å². The summed E-state index contributed by atoms with van der Waals surface area (Å²) in [6.45, 7) is -0.775. The molecule has 0 fully saturated rings. The van der Waals surface area contributed by atoms with Gasteiger partial charge in [0, 0.05) is 23.8 Å². The largest absolute Gasteiger partial charge is 0.394 e. The van der Waals surface area contributed by atoms with E-state index in [2.05, 4.69) is 9.98 Å². The summed E-state index contributed by atoms with van der Waals surface area (Å²) in [4.78, 5) is 20.8. The summed E-state index contributed by atoms with van der Waals surface area (Å²) in [6, 6.07) is 10.2. The topological polar surface area (TPSA) is 143 Å². The number of ketones is 1. The van der Waals surface area contributed by atoms with Gasteiger partial charge in [-0.2, -0.15) is 0 Å². The molecule has 4 unspecified atom stereocenters. The first kappa shape index (κ1) is 21.9. The maximum absolute atomic E-state index is 13.0. The summed E-state index contributed by atoms with van der Waals surface area (Å²) in [5.41, 5.74) is 2.11. The first-order chi connectivity index (χ1) is 14.3. The second-order valence-electron chi connectivity index (χ2n) is 6.88. The number of benzene rings is 2. The van der Waals surface area contributed by atoms with E-state index in [0.717, 1.165) is 11.8 Å². The Morgan fingerprint density at radius 2 is 1.73 bits per heavy atom. The van der Waals surface area contributed by atoms with Gasteiger partial charge in [-0.05, 0) is 48.0 Å².